The molecule has 0 spiro atoms. The summed E-state index contributed by atoms with van der Waals surface area (Å²) in [6.07, 6.45) is 1.57. The molecule has 1 saturated heterocycles. The summed E-state index contributed by atoms with van der Waals surface area (Å²) in [6, 6.07) is 15.0. The summed E-state index contributed by atoms with van der Waals surface area (Å²) in [6.45, 7) is 6.05. The molecule has 0 radical (unpaired) electrons. The second-order valence-electron chi connectivity index (χ2n) is 8.48. The molecule has 2 aliphatic heterocycles. The highest BCUT2D eigenvalue weighted by Gasteiger charge is 2.41. The molecule has 0 aliphatic carbocycles. The quantitative estimate of drug-likeness (QED) is 0.694. The number of fused-ring (bicyclic) bond motifs is 3. The lowest BCUT2D eigenvalue weighted by atomic mass is 9.83. The monoisotopic (exact) mass is 423 g/mol. The van der Waals surface area contributed by atoms with Crippen molar-refractivity contribution in [3.8, 4) is 5.75 Å². The number of carbonyl (C=O) groups is 1. The number of methoxy groups -OCH3 is 2. The second-order valence-corrected chi connectivity index (χ2v) is 8.48. The van der Waals surface area contributed by atoms with Gasteiger partial charge in [-0.05, 0) is 43.5 Å². The van der Waals surface area contributed by atoms with Crippen molar-refractivity contribution in [1.82, 2.24) is 5.32 Å². The molecule has 166 valence electrons. The molecule has 2 atom stereocenters. The number of aryl methyl sites for hydroxylation is 1. The molecule has 2 aliphatic rings. The molecule has 2 heterocycles. The summed E-state index contributed by atoms with van der Waals surface area (Å²) >= 11 is 0. The van der Waals surface area contributed by atoms with Crippen molar-refractivity contribution in [1.29, 1.82) is 0 Å². The summed E-state index contributed by atoms with van der Waals surface area (Å²) in [7, 11) is 3.39. The van der Waals surface area contributed by atoms with E-state index >= 15 is 0 Å². The van der Waals surface area contributed by atoms with Crippen LogP contribution in [0.5, 0.6) is 5.75 Å². The van der Waals surface area contributed by atoms with Gasteiger partial charge in [-0.15, -0.1) is 0 Å². The van der Waals surface area contributed by atoms with Gasteiger partial charge in [0.05, 0.1) is 19.1 Å². The fourth-order valence-corrected chi connectivity index (χ4v) is 4.75. The van der Waals surface area contributed by atoms with Crippen molar-refractivity contribution in [3.63, 3.8) is 0 Å². The molecule has 31 heavy (non-hydrogen) atoms. The van der Waals surface area contributed by atoms with Gasteiger partial charge in [0.25, 0.3) is 0 Å². The van der Waals surface area contributed by atoms with Gasteiger partial charge in [-0.25, -0.2) is 0 Å². The molecule has 6 heteroatoms. The number of benzene rings is 2. The van der Waals surface area contributed by atoms with Crippen molar-refractivity contribution in [2.45, 2.75) is 25.8 Å². The van der Waals surface area contributed by atoms with Crippen LogP contribution in [0.25, 0.3) is 0 Å². The maximum Gasteiger partial charge on any atom is 0.225 e. The zero-order valence-electron chi connectivity index (χ0n) is 18.8. The fourth-order valence-electron chi connectivity index (χ4n) is 4.75. The van der Waals surface area contributed by atoms with Crippen LogP contribution in [0.15, 0.2) is 42.5 Å². The van der Waals surface area contributed by atoms with Crippen molar-refractivity contribution in [2.24, 2.45) is 5.92 Å². The Balaban J connectivity index is 1.59. The largest absolute Gasteiger partial charge is 0.497 e. The lowest BCUT2D eigenvalue weighted by Gasteiger charge is -2.49. The van der Waals surface area contributed by atoms with Crippen LogP contribution in [0.4, 0.5) is 11.4 Å². The predicted molar refractivity (Wildman–Crippen MR) is 124 cm³/mol. The van der Waals surface area contributed by atoms with Gasteiger partial charge in [-0.3, -0.25) is 4.79 Å². The van der Waals surface area contributed by atoms with Gasteiger partial charge in [-0.1, -0.05) is 23.8 Å². The van der Waals surface area contributed by atoms with Crippen LogP contribution in [0, 0.1) is 12.8 Å². The second kappa shape index (κ2) is 9.60. The van der Waals surface area contributed by atoms with E-state index < -0.39 is 0 Å². The normalized spacial score (nSPS) is 20.1. The Morgan fingerprint density at radius 1 is 1.13 bits per heavy atom. The zero-order valence-corrected chi connectivity index (χ0v) is 18.8. The van der Waals surface area contributed by atoms with Gasteiger partial charge in [0, 0.05) is 57.3 Å². The topological polar surface area (TPSA) is 54.0 Å². The minimum atomic E-state index is -0.0864. The third-order valence-electron chi connectivity index (χ3n) is 6.49. The first kappa shape index (κ1) is 21.5. The summed E-state index contributed by atoms with van der Waals surface area (Å²) in [5, 5.41) is 3.15. The number of carbonyl (C=O) groups excluding carboxylic acids is 1. The van der Waals surface area contributed by atoms with Crippen LogP contribution in [0.3, 0.4) is 0 Å². The molecule has 1 amide bonds. The van der Waals surface area contributed by atoms with E-state index in [1.807, 2.05) is 6.07 Å². The standard InChI is InChI=1S/C25H33N3O3/c1-18-5-8-20(9-6-18)27-12-13-28-23-16-21(31-3)10-7-19(23)15-22(24(28)17-27)25(29)26-11-4-14-30-2/h5-10,16,22,24H,4,11-15,17H2,1-3H3,(H,26,29)/t22-,24+/m0/s1. The van der Waals surface area contributed by atoms with Crippen LogP contribution in [-0.4, -0.2) is 59.0 Å². The number of nitrogens with zero attached hydrogens (tertiary/aromatic N) is 2. The summed E-state index contributed by atoms with van der Waals surface area (Å²) in [5.41, 5.74) is 4.91. The minimum absolute atomic E-state index is 0.0864. The van der Waals surface area contributed by atoms with Gasteiger partial charge >= 0.3 is 0 Å². The molecule has 0 unspecified atom stereocenters. The maximum absolute atomic E-state index is 13.2. The summed E-state index contributed by atoms with van der Waals surface area (Å²) in [4.78, 5) is 18.1. The van der Waals surface area contributed by atoms with E-state index in [1.54, 1.807) is 14.2 Å². The van der Waals surface area contributed by atoms with Gasteiger partial charge in [0.2, 0.25) is 5.91 Å². The number of rotatable bonds is 7. The van der Waals surface area contributed by atoms with Gasteiger partial charge in [0.1, 0.15) is 5.75 Å². The molecular weight excluding hydrogens is 390 g/mol. The smallest absolute Gasteiger partial charge is 0.225 e. The average Bonchev–Trinajstić information content (AvgIpc) is 2.81. The van der Waals surface area contributed by atoms with Crippen LogP contribution < -0.4 is 19.9 Å². The van der Waals surface area contributed by atoms with E-state index in [1.165, 1.54) is 22.5 Å². The van der Waals surface area contributed by atoms with Gasteiger partial charge in [0.15, 0.2) is 0 Å². The summed E-state index contributed by atoms with van der Waals surface area (Å²) in [5.74, 6) is 0.913. The highest BCUT2D eigenvalue weighted by atomic mass is 16.5. The molecular formula is C25H33N3O3. The van der Waals surface area contributed by atoms with Crippen LogP contribution >= 0.6 is 0 Å². The molecule has 1 N–H and O–H groups in total. The maximum atomic E-state index is 13.2. The number of hydrogen-bond donors (Lipinski definition) is 1. The van der Waals surface area contributed by atoms with Gasteiger partial charge in [-0.2, -0.15) is 0 Å². The fraction of sp³-hybridized carbons (Fsp3) is 0.480. The Hall–Kier alpha value is -2.73. The highest BCUT2D eigenvalue weighted by Crippen LogP contribution is 2.39. The molecule has 0 bridgehead atoms. The summed E-state index contributed by atoms with van der Waals surface area (Å²) < 4.78 is 10.6. The Morgan fingerprint density at radius 3 is 2.68 bits per heavy atom. The number of nitrogens with one attached hydrogen (secondary N) is 1. The zero-order chi connectivity index (χ0) is 21.8. The van der Waals surface area contributed by atoms with E-state index in [4.69, 9.17) is 9.47 Å². The van der Waals surface area contributed by atoms with E-state index in [9.17, 15) is 4.79 Å². The average molecular weight is 424 g/mol. The number of anilines is 2. The molecule has 0 saturated carbocycles. The lowest BCUT2D eigenvalue weighted by Crippen LogP contribution is -2.61. The minimum Gasteiger partial charge on any atom is -0.497 e. The van der Waals surface area contributed by atoms with Crippen LogP contribution in [0.2, 0.25) is 0 Å². The number of piperazine rings is 1. The molecule has 2 aromatic carbocycles. The third kappa shape index (κ3) is 4.64. The van der Waals surface area contributed by atoms with Crippen molar-refractivity contribution in [2.75, 3.05) is 56.8 Å². The van der Waals surface area contributed by atoms with E-state index in [0.29, 0.717) is 13.2 Å². The van der Waals surface area contributed by atoms with Crippen LogP contribution in [0.1, 0.15) is 17.5 Å². The number of amides is 1. The first-order valence-electron chi connectivity index (χ1n) is 11.1. The van der Waals surface area contributed by atoms with Crippen molar-refractivity contribution >= 4 is 17.3 Å². The van der Waals surface area contributed by atoms with Crippen molar-refractivity contribution in [3.05, 3.63) is 53.6 Å². The highest BCUT2D eigenvalue weighted by molar-refractivity contribution is 5.82. The Morgan fingerprint density at radius 2 is 1.94 bits per heavy atom. The first-order valence-corrected chi connectivity index (χ1v) is 11.1. The number of ether oxygens (including phenoxy) is 2. The van der Waals surface area contributed by atoms with E-state index in [0.717, 1.165) is 38.2 Å². The van der Waals surface area contributed by atoms with Crippen molar-refractivity contribution < 1.29 is 14.3 Å². The SMILES string of the molecule is COCCCNC(=O)[C@H]1Cc2ccc(OC)cc2N2CCN(c3ccc(C)cc3)C[C@H]12. The Labute approximate surface area is 185 Å². The molecule has 6 nitrogen and oxygen atoms in total. The van der Waals surface area contributed by atoms with Gasteiger partial charge < -0.3 is 24.6 Å². The molecule has 4 rings (SSSR count). The Kier molecular flexibility index (Phi) is 6.66. The van der Waals surface area contributed by atoms with E-state index in [-0.39, 0.29) is 17.9 Å². The third-order valence-corrected chi connectivity index (χ3v) is 6.49. The first-order chi connectivity index (χ1) is 15.1. The molecule has 1 fully saturated rings. The predicted octanol–water partition coefficient (Wildman–Crippen LogP) is 3.02. The van der Waals surface area contributed by atoms with E-state index in [2.05, 4.69) is 58.4 Å². The lowest BCUT2D eigenvalue weighted by molar-refractivity contribution is -0.125. The number of hydrogen-bond acceptors (Lipinski definition) is 5. The molecule has 2 aromatic rings. The molecule has 0 aromatic heterocycles. The van der Waals surface area contributed by atoms with Crippen LogP contribution in [-0.2, 0) is 16.0 Å². The Bertz CT molecular complexity index is 899.